The fourth-order valence-corrected chi connectivity index (χ4v) is 5.26. The van der Waals surface area contributed by atoms with Crippen molar-refractivity contribution in [2.45, 2.75) is 26.2 Å². The number of nitrogens with one attached hydrogen (secondary N) is 1. The van der Waals surface area contributed by atoms with Crippen LogP contribution in [0, 0.1) is 6.92 Å². The summed E-state index contributed by atoms with van der Waals surface area (Å²) in [5.41, 5.74) is 1.01. The topological polar surface area (TPSA) is 49.4 Å². The lowest BCUT2D eigenvalue weighted by molar-refractivity contribution is 0.349. The second-order valence-electron chi connectivity index (χ2n) is 5.12. The second kappa shape index (κ2) is 5.35. The fraction of sp³-hybridized carbons (Fsp3) is 0.429. The zero-order chi connectivity index (χ0) is 14.2. The largest absolute Gasteiger partial charge is 0.302 e. The summed E-state index contributed by atoms with van der Waals surface area (Å²) in [4.78, 5) is 0. The molecule has 0 atom stereocenters. The smallest absolute Gasteiger partial charge is 0.261 e. The number of anilines is 1. The molecule has 2 aromatic rings. The molecule has 0 bridgehead atoms. The molecule has 0 amide bonds. The molecule has 0 spiro atoms. The van der Waals surface area contributed by atoms with Gasteiger partial charge in [0, 0.05) is 17.8 Å². The zero-order valence-electron chi connectivity index (χ0n) is 11.4. The van der Waals surface area contributed by atoms with Crippen molar-refractivity contribution in [2.24, 2.45) is 0 Å². The first-order valence-corrected chi connectivity index (χ1v) is 9.09. The Morgan fingerprint density at radius 2 is 1.85 bits per heavy atom. The normalized spacial score (nSPS) is 17.4. The lowest BCUT2D eigenvalue weighted by Crippen LogP contribution is -2.39. The van der Waals surface area contributed by atoms with Gasteiger partial charge in [-0.25, -0.2) is 0 Å². The van der Waals surface area contributed by atoms with Crippen molar-refractivity contribution in [2.75, 3.05) is 17.8 Å². The third-order valence-corrected chi connectivity index (χ3v) is 6.54. The average Bonchev–Trinajstić information content (AvgIpc) is 2.76. The molecule has 3 rings (SSSR count). The van der Waals surface area contributed by atoms with Gasteiger partial charge in [-0.1, -0.05) is 24.6 Å². The molecular weight excluding hydrogens is 292 g/mol. The number of benzene rings is 1. The highest BCUT2D eigenvalue weighted by Gasteiger charge is 2.25. The molecule has 1 aliphatic rings. The average molecular weight is 310 g/mol. The van der Waals surface area contributed by atoms with Gasteiger partial charge in [0.15, 0.2) is 0 Å². The van der Waals surface area contributed by atoms with E-state index in [1.807, 2.05) is 31.2 Å². The summed E-state index contributed by atoms with van der Waals surface area (Å²) in [6, 6.07) is 8.00. The van der Waals surface area contributed by atoms with Gasteiger partial charge in [-0.3, -0.25) is 4.72 Å². The molecule has 1 fully saturated rings. The SMILES string of the molecule is Cc1c(NS(=O)(=O)N2CCCCC2)sc2ccccc12. The number of piperidine rings is 1. The van der Waals surface area contributed by atoms with Crippen LogP contribution in [0.3, 0.4) is 0 Å². The third kappa shape index (κ3) is 2.55. The van der Waals surface area contributed by atoms with E-state index in [2.05, 4.69) is 4.72 Å². The Balaban J connectivity index is 1.90. The molecule has 2 heterocycles. The number of rotatable bonds is 3. The van der Waals surface area contributed by atoms with Crippen molar-refractivity contribution >= 4 is 36.6 Å². The van der Waals surface area contributed by atoms with Crippen molar-refractivity contribution in [3.8, 4) is 0 Å². The lowest BCUT2D eigenvalue weighted by atomic mass is 10.2. The van der Waals surface area contributed by atoms with Crippen molar-refractivity contribution in [1.82, 2.24) is 4.31 Å². The van der Waals surface area contributed by atoms with E-state index in [1.54, 1.807) is 4.31 Å². The molecule has 108 valence electrons. The lowest BCUT2D eigenvalue weighted by Gasteiger charge is -2.26. The fourth-order valence-electron chi connectivity index (χ4n) is 2.56. The number of fused-ring (bicyclic) bond motifs is 1. The van der Waals surface area contributed by atoms with E-state index in [-0.39, 0.29) is 0 Å². The molecule has 0 saturated carbocycles. The Hall–Kier alpha value is -1.11. The van der Waals surface area contributed by atoms with Crippen LogP contribution >= 0.6 is 11.3 Å². The van der Waals surface area contributed by atoms with Crippen LogP contribution in [-0.2, 0) is 10.2 Å². The molecule has 0 aliphatic carbocycles. The Morgan fingerprint density at radius 1 is 1.15 bits per heavy atom. The summed E-state index contributed by atoms with van der Waals surface area (Å²) in [7, 11) is -3.41. The van der Waals surface area contributed by atoms with Gasteiger partial charge in [-0.2, -0.15) is 12.7 Å². The first-order valence-electron chi connectivity index (χ1n) is 6.84. The molecule has 1 saturated heterocycles. The van der Waals surface area contributed by atoms with Crippen LogP contribution in [0.2, 0.25) is 0 Å². The molecule has 4 nitrogen and oxygen atoms in total. The Bertz CT molecular complexity index is 716. The Kier molecular flexibility index (Phi) is 3.70. The van der Waals surface area contributed by atoms with E-state index in [0.717, 1.165) is 39.9 Å². The Morgan fingerprint density at radius 3 is 2.55 bits per heavy atom. The highest BCUT2D eigenvalue weighted by Crippen LogP contribution is 2.35. The second-order valence-corrected chi connectivity index (χ2v) is 7.84. The first-order chi connectivity index (χ1) is 9.58. The number of nitrogens with zero attached hydrogens (tertiary/aromatic N) is 1. The summed E-state index contributed by atoms with van der Waals surface area (Å²) >= 11 is 1.50. The predicted octanol–water partition coefficient (Wildman–Crippen LogP) is 3.35. The van der Waals surface area contributed by atoms with Crippen LogP contribution in [0.15, 0.2) is 24.3 Å². The molecular formula is C14H18N2O2S2. The van der Waals surface area contributed by atoms with Crippen LogP contribution in [-0.4, -0.2) is 25.8 Å². The van der Waals surface area contributed by atoms with Crippen molar-refractivity contribution < 1.29 is 8.42 Å². The van der Waals surface area contributed by atoms with Gasteiger partial charge in [0.1, 0.15) is 5.00 Å². The third-order valence-electron chi connectivity index (χ3n) is 3.72. The van der Waals surface area contributed by atoms with Gasteiger partial charge in [0.25, 0.3) is 0 Å². The zero-order valence-corrected chi connectivity index (χ0v) is 13.1. The predicted molar refractivity (Wildman–Crippen MR) is 84.5 cm³/mol. The van der Waals surface area contributed by atoms with Crippen LogP contribution in [0.25, 0.3) is 10.1 Å². The van der Waals surface area contributed by atoms with E-state index >= 15 is 0 Å². The molecule has 1 N–H and O–H groups in total. The number of hydrogen-bond acceptors (Lipinski definition) is 3. The van der Waals surface area contributed by atoms with Crippen LogP contribution in [0.4, 0.5) is 5.00 Å². The quantitative estimate of drug-likeness (QED) is 0.945. The van der Waals surface area contributed by atoms with Crippen LogP contribution < -0.4 is 4.72 Å². The first kappa shape index (κ1) is 13.9. The summed E-state index contributed by atoms with van der Waals surface area (Å²) in [5, 5.41) is 1.85. The van der Waals surface area contributed by atoms with Crippen molar-refractivity contribution in [1.29, 1.82) is 0 Å². The van der Waals surface area contributed by atoms with E-state index in [1.165, 1.54) is 11.3 Å². The summed E-state index contributed by atoms with van der Waals surface area (Å²) in [5.74, 6) is 0. The van der Waals surface area contributed by atoms with Gasteiger partial charge in [-0.15, -0.1) is 11.3 Å². The Labute approximate surface area is 123 Å². The van der Waals surface area contributed by atoms with Crippen LogP contribution in [0.1, 0.15) is 24.8 Å². The number of hydrogen-bond donors (Lipinski definition) is 1. The van der Waals surface area contributed by atoms with E-state index in [0.29, 0.717) is 13.1 Å². The highest BCUT2D eigenvalue weighted by molar-refractivity contribution is 7.90. The minimum Gasteiger partial charge on any atom is -0.261 e. The summed E-state index contributed by atoms with van der Waals surface area (Å²) < 4.78 is 30.2. The summed E-state index contributed by atoms with van der Waals surface area (Å²) in [6.45, 7) is 3.21. The molecule has 1 aromatic carbocycles. The van der Waals surface area contributed by atoms with Crippen LogP contribution in [0.5, 0.6) is 0 Å². The standard InChI is InChI=1S/C14H18N2O2S2/c1-11-12-7-3-4-8-13(12)19-14(11)15-20(17,18)16-9-5-2-6-10-16/h3-4,7-8,15H,2,5-6,9-10H2,1H3. The van der Waals surface area contributed by atoms with Crippen molar-refractivity contribution in [3.05, 3.63) is 29.8 Å². The monoisotopic (exact) mass is 310 g/mol. The minimum atomic E-state index is -3.41. The van der Waals surface area contributed by atoms with E-state index in [9.17, 15) is 8.42 Å². The molecule has 0 unspecified atom stereocenters. The van der Waals surface area contributed by atoms with Gasteiger partial charge in [-0.05, 0) is 36.8 Å². The van der Waals surface area contributed by atoms with E-state index in [4.69, 9.17) is 0 Å². The van der Waals surface area contributed by atoms with Gasteiger partial charge >= 0.3 is 10.2 Å². The highest BCUT2D eigenvalue weighted by atomic mass is 32.2. The number of aryl methyl sites for hydroxylation is 1. The van der Waals surface area contributed by atoms with Crippen molar-refractivity contribution in [3.63, 3.8) is 0 Å². The molecule has 6 heteroatoms. The van der Waals surface area contributed by atoms with E-state index < -0.39 is 10.2 Å². The van der Waals surface area contributed by atoms with Gasteiger partial charge in [0.2, 0.25) is 0 Å². The van der Waals surface area contributed by atoms with Gasteiger partial charge in [0.05, 0.1) is 0 Å². The molecule has 1 aromatic heterocycles. The van der Waals surface area contributed by atoms with Gasteiger partial charge < -0.3 is 0 Å². The summed E-state index contributed by atoms with van der Waals surface area (Å²) in [6.07, 6.45) is 3.02. The molecule has 1 aliphatic heterocycles. The number of thiophene rings is 1. The molecule has 0 radical (unpaired) electrons. The molecule has 20 heavy (non-hydrogen) atoms. The maximum atomic E-state index is 12.4. The minimum absolute atomic E-state index is 0.624. The maximum absolute atomic E-state index is 12.4. The maximum Gasteiger partial charge on any atom is 0.302 e.